The van der Waals surface area contributed by atoms with E-state index in [1.165, 1.54) is 44.1 Å². The Morgan fingerprint density at radius 2 is 1.58 bits per heavy atom. The number of hydrogen-bond acceptors (Lipinski definition) is 4. The van der Waals surface area contributed by atoms with Crippen LogP contribution in [-0.4, -0.2) is 20.7 Å². The zero-order valence-corrected chi connectivity index (χ0v) is 14.2. The summed E-state index contributed by atoms with van der Waals surface area (Å²) in [4.78, 5) is 10.6. The van der Waals surface area contributed by atoms with Crippen LogP contribution in [0.2, 0.25) is 0 Å². The number of hydrogen-bond donors (Lipinski definition) is 0. The Hall–Kier alpha value is -2.06. The lowest BCUT2D eigenvalue weighted by Gasteiger charge is -2.51. The van der Waals surface area contributed by atoms with Gasteiger partial charge in [0.1, 0.15) is 17.6 Å². The summed E-state index contributed by atoms with van der Waals surface area (Å²) in [5.74, 6) is 5.12. The van der Waals surface area contributed by atoms with Gasteiger partial charge in [0, 0.05) is 5.56 Å². The molecular weight excluding hydrogens is 304 g/mol. The van der Waals surface area contributed by atoms with E-state index in [4.69, 9.17) is 14.2 Å². The highest BCUT2D eigenvalue weighted by molar-refractivity contribution is 5.68. The molecule has 24 heavy (non-hydrogen) atoms. The fraction of sp³-hybridized carbons (Fsp3) is 0.550. The molecule has 0 aromatic heterocycles. The van der Waals surface area contributed by atoms with Crippen LogP contribution >= 0.6 is 0 Å². The molecule has 4 aliphatic carbocycles. The van der Waals surface area contributed by atoms with Crippen molar-refractivity contribution in [3.63, 3.8) is 0 Å². The number of ether oxygens (including phenoxy) is 3. The van der Waals surface area contributed by atoms with Gasteiger partial charge in [-0.15, -0.1) is 0 Å². The van der Waals surface area contributed by atoms with Crippen molar-refractivity contribution in [2.75, 3.05) is 14.2 Å². The van der Waals surface area contributed by atoms with E-state index in [0.717, 1.165) is 23.2 Å². The summed E-state index contributed by atoms with van der Waals surface area (Å²) in [5, 5.41) is 0. The topological polar surface area (TPSA) is 44.8 Å². The SMILES string of the molecule is COC(=C1C2CC3CC(C2)CC1C3)c1cc(OC)cc(O[C+]=O)c1. The predicted octanol–water partition coefficient (Wildman–Crippen LogP) is 3.95. The van der Waals surface area contributed by atoms with Gasteiger partial charge in [-0.1, -0.05) is 4.79 Å². The highest BCUT2D eigenvalue weighted by Crippen LogP contribution is 2.58. The Morgan fingerprint density at radius 3 is 2.12 bits per heavy atom. The molecule has 4 heteroatoms. The molecule has 4 bridgehead atoms. The van der Waals surface area contributed by atoms with Crippen molar-refractivity contribution in [3.8, 4) is 11.5 Å². The van der Waals surface area contributed by atoms with Gasteiger partial charge in [-0.25, -0.2) is 0 Å². The maximum Gasteiger partial charge on any atom is 0.575 e. The summed E-state index contributed by atoms with van der Waals surface area (Å²) in [5.41, 5.74) is 2.39. The van der Waals surface area contributed by atoms with Gasteiger partial charge in [-0.05, 0) is 67.4 Å². The summed E-state index contributed by atoms with van der Waals surface area (Å²) in [6.45, 7) is 1.49. The molecule has 1 aromatic rings. The average molecular weight is 327 g/mol. The minimum Gasteiger partial charge on any atom is -0.496 e. The van der Waals surface area contributed by atoms with Gasteiger partial charge in [0.25, 0.3) is 5.75 Å². The van der Waals surface area contributed by atoms with Crippen LogP contribution in [-0.2, 0) is 9.53 Å². The van der Waals surface area contributed by atoms with Crippen molar-refractivity contribution in [2.45, 2.75) is 32.1 Å². The van der Waals surface area contributed by atoms with Crippen LogP contribution < -0.4 is 9.47 Å². The second-order valence-corrected chi connectivity index (χ2v) is 7.38. The highest BCUT2D eigenvalue weighted by atomic mass is 16.5. The van der Waals surface area contributed by atoms with E-state index in [1.54, 1.807) is 20.3 Å². The molecule has 0 amide bonds. The molecule has 4 fully saturated rings. The van der Waals surface area contributed by atoms with Gasteiger partial charge in [0.15, 0.2) is 0 Å². The second kappa shape index (κ2) is 6.10. The molecule has 0 unspecified atom stereocenters. The van der Waals surface area contributed by atoms with Crippen molar-refractivity contribution < 1.29 is 19.0 Å². The molecule has 0 radical (unpaired) electrons. The van der Waals surface area contributed by atoms with Crippen LogP contribution in [0.3, 0.4) is 0 Å². The third kappa shape index (κ3) is 2.55. The standard InChI is InChI=1S/C20H23O4/c1-22-17-8-16(9-18(10-17)24-11-21)20(23-2)19-14-4-12-3-13(6-14)7-15(19)5-12/h8-10,12-15H,3-7H2,1-2H3/q+1. The lowest BCUT2D eigenvalue weighted by molar-refractivity contribution is 0.0675. The molecule has 0 aliphatic heterocycles. The molecule has 126 valence electrons. The van der Waals surface area contributed by atoms with E-state index in [0.29, 0.717) is 23.3 Å². The van der Waals surface area contributed by atoms with Crippen LogP contribution in [0.25, 0.3) is 5.76 Å². The monoisotopic (exact) mass is 327 g/mol. The normalized spacial score (nSPS) is 30.0. The Balaban J connectivity index is 1.78. The first-order chi connectivity index (χ1) is 11.7. The van der Waals surface area contributed by atoms with E-state index in [2.05, 4.69) is 0 Å². The third-order valence-corrected chi connectivity index (χ3v) is 6.02. The number of benzene rings is 1. The van der Waals surface area contributed by atoms with E-state index in [-0.39, 0.29) is 0 Å². The maximum absolute atomic E-state index is 10.6. The molecule has 4 aliphatic rings. The molecule has 1 aromatic carbocycles. The number of carbonyl (C=O) groups excluding carboxylic acids is 1. The molecule has 4 saturated carbocycles. The van der Waals surface area contributed by atoms with Gasteiger partial charge in [-0.3, -0.25) is 0 Å². The zero-order valence-electron chi connectivity index (χ0n) is 14.2. The third-order valence-electron chi connectivity index (χ3n) is 6.02. The van der Waals surface area contributed by atoms with Crippen molar-refractivity contribution in [2.24, 2.45) is 23.7 Å². The summed E-state index contributed by atoms with van der Waals surface area (Å²) in [6, 6.07) is 5.47. The van der Waals surface area contributed by atoms with Crippen LogP contribution in [0.15, 0.2) is 23.8 Å². The number of allylic oxidation sites excluding steroid dienone is 1. The minimum absolute atomic E-state index is 0.429. The fourth-order valence-corrected chi connectivity index (χ4v) is 5.39. The maximum atomic E-state index is 10.6. The zero-order chi connectivity index (χ0) is 16.7. The summed E-state index contributed by atoms with van der Waals surface area (Å²) in [6.07, 6.45) is 6.61. The first-order valence-electron chi connectivity index (χ1n) is 8.73. The molecule has 0 N–H and O–H groups in total. The molecule has 4 nitrogen and oxygen atoms in total. The average Bonchev–Trinajstić information content (AvgIpc) is 2.57. The Kier molecular flexibility index (Phi) is 3.93. The molecule has 0 heterocycles. The van der Waals surface area contributed by atoms with Gasteiger partial charge in [0.2, 0.25) is 0 Å². The van der Waals surface area contributed by atoms with Gasteiger partial charge in [0.05, 0.1) is 20.3 Å². The minimum atomic E-state index is 0.429. The van der Waals surface area contributed by atoms with Crippen molar-refractivity contribution in [1.82, 2.24) is 0 Å². The highest BCUT2D eigenvalue weighted by Gasteiger charge is 2.46. The van der Waals surface area contributed by atoms with Crippen LogP contribution in [0.5, 0.6) is 11.5 Å². The van der Waals surface area contributed by atoms with Crippen molar-refractivity contribution >= 4 is 12.2 Å². The smallest absolute Gasteiger partial charge is 0.496 e. The van der Waals surface area contributed by atoms with E-state index in [1.807, 2.05) is 12.1 Å². The lowest BCUT2D eigenvalue weighted by atomic mass is 9.54. The van der Waals surface area contributed by atoms with Crippen LogP contribution in [0, 0.1) is 23.7 Å². The Morgan fingerprint density at radius 1 is 0.958 bits per heavy atom. The molecule has 0 atom stereocenters. The molecule has 5 rings (SSSR count). The van der Waals surface area contributed by atoms with E-state index >= 15 is 0 Å². The Labute approximate surface area is 142 Å². The van der Waals surface area contributed by atoms with Crippen LogP contribution in [0.1, 0.15) is 37.7 Å². The molecule has 0 saturated heterocycles. The quantitative estimate of drug-likeness (QED) is 0.607. The van der Waals surface area contributed by atoms with Crippen molar-refractivity contribution in [1.29, 1.82) is 0 Å². The number of rotatable bonds is 5. The Bertz CT molecular complexity index is 646. The molecular formula is C20H23O4+. The largest absolute Gasteiger partial charge is 0.575 e. The van der Waals surface area contributed by atoms with E-state index in [9.17, 15) is 4.79 Å². The first-order valence-corrected chi connectivity index (χ1v) is 8.73. The van der Waals surface area contributed by atoms with Gasteiger partial charge >= 0.3 is 6.47 Å². The summed E-state index contributed by atoms with van der Waals surface area (Å²) < 4.78 is 16.1. The summed E-state index contributed by atoms with van der Waals surface area (Å²) >= 11 is 0. The fourth-order valence-electron chi connectivity index (χ4n) is 5.39. The van der Waals surface area contributed by atoms with Crippen LogP contribution in [0.4, 0.5) is 0 Å². The number of methoxy groups -OCH3 is 2. The van der Waals surface area contributed by atoms with Gasteiger partial charge < -0.3 is 9.47 Å². The first kappa shape index (κ1) is 15.5. The van der Waals surface area contributed by atoms with Gasteiger partial charge in [-0.2, -0.15) is 4.74 Å². The summed E-state index contributed by atoms with van der Waals surface area (Å²) in [7, 11) is 3.34. The van der Waals surface area contributed by atoms with Crippen molar-refractivity contribution in [3.05, 3.63) is 29.3 Å². The predicted molar refractivity (Wildman–Crippen MR) is 90.3 cm³/mol. The van der Waals surface area contributed by atoms with E-state index < -0.39 is 0 Å². The molecule has 0 spiro atoms. The second-order valence-electron chi connectivity index (χ2n) is 7.38. The lowest BCUT2D eigenvalue weighted by Crippen LogP contribution is -2.40.